The number of methoxy groups -OCH3 is 1. The second-order valence-electron chi connectivity index (χ2n) is 4.86. The van der Waals surface area contributed by atoms with Crippen LogP contribution in [0, 0.1) is 0 Å². The van der Waals surface area contributed by atoms with Crippen LogP contribution >= 0.6 is 0 Å². The van der Waals surface area contributed by atoms with Gasteiger partial charge in [-0.25, -0.2) is 0 Å². The van der Waals surface area contributed by atoms with Crippen molar-refractivity contribution in [2.24, 2.45) is 0 Å². The lowest BCUT2D eigenvalue weighted by molar-refractivity contribution is 0.415. The molecule has 0 radical (unpaired) electrons. The van der Waals surface area contributed by atoms with Crippen LogP contribution in [0.25, 0.3) is 0 Å². The van der Waals surface area contributed by atoms with Crippen molar-refractivity contribution in [1.82, 2.24) is 0 Å². The zero-order valence-electron chi connectivity index (χ0n) is 12.6. The number of benzene rings is 2. The first-order valence-electron chi connectivity index (χ1n) is 7.29. The van der Waals surface area contributed by atoms with Crippen molar-refractivity contribution in [2.75, 3.05) is 18.6 Å². The van der Waals surface area contributed by atoms with E-state index in [1.807, 2.05) is 12.1 Å². The summed E-state index contributed by atoms with van der Waals surface area (Å²) >= 11 is 0. The molecule has 2 heteroatoms. The minimum absolute atomic E-state index is 0.892. The molecule has 20 heavy (non-hydrogen) atoms. The number of ether oxygens (including phenoxy) is 1. The lowest BCUT2D eigenvalue weighted by Gasteiger charge is -2.24. The van der Waals surface area contributed by atoms with E-state index in [0.717, 1.165) is 24.4 Å². The Morgan fingerprint density at radius 3 is 2.30 bits per heavy atom. The van der Waals surface area contributed by atoms with Crippen molar-refractivity contribution in [3.8, 4) is 5.75 Å². The summed E-state index contributed by atoms with van der Waals surface area (Å²) in [5, 5.41) is 0. The van der Waals surface area contributed by atoms with Crippen molar-refractivity contribution in [3.63, 3.8) is 0 Å². The maximum atomic E-state index is 5.31. The summed E-state index contributed by atoms with van der Waals surface area (Å²) in [5.74, 6) is 0.892. The van der Waals surface area contributed by atoms with Crippen LogP contribution in [0.3, 0.4) is 0 Å². The molecule has 2 aromatic rings. The second kappa shape index (κ2) is 6.99. The Hall–Kier alpha value is -1.96. The highest BCUT2D eigenvalue weighted by Crippen LogP contribution is 2.28. The Morgan fingerprint density at radius 2 is 1.70 bits per heavy atom. The van der Waals surface area contributed by atoms with Gasteiger partial charge in [0.25, 0.3) is 0 Å². The summed E-state index contributed by atoms with van der Waals surface area (Å²) in [6.07, 6.45) is 2.33. The normalized spacial score (nSPS) is 10.3. The Labute approximate surface area is 122 Å². The molecule has 2 rings (SSSR count). The van der Waals surface area contributed by atoms with Crippen LogP contribution < -0.4 is 9.64 Å². The highest BCUT2D eigenvalue weighted by molar-refractivity contribution is 5.64. The molecule has 0 aliphatic carbocycles. The first kappa shape index (κ1) is 14.4. The summed E-state index contributed by atoms with van der Waals surface area (Å²) in [7, 11) is 1.70. The van der Waals surface area contributed by atoms with E-state index in [9.17, 15) is 0 Å². The molecule has 0 aromatic heterocycles. The van der Waals surface area contributed by atoms with Crippen LogP contribution in [-0.4, -0.2) is 13.7 Å². The van der Waals surface area contributed by atoms with Crippen LogP contribution in [0.2, 0.25) is 0 Å². The van der Waals surface area contributed by atoms with Crippen molar-refractivity contribution in [2.45, 2.75) is 26.7 Å². The van der Waals surface area contributed by atoms with Gasteiger partial charge in [0.1, 0.15) is 5.75 Å². The van der Waals surface area contributed by atoms with E-state index in [1.165, 1.54) is 17.7 Å². The number of nitrogens with zero attached hydrogens (tertiary/aromatic N) is 1. The highest BCUT2D eigenvalue weighted by atomic mass is 16.5. The van der Waals surface area contributed by atoms with Crippen molar-refractivity contribution < 1.29 is 4.74 Å². The number of rotatable bonds is 6. The lowest BCUT2D eigenvalue weighted by atomic mass is 10.1. The van der Waals surface area contributed by atoms with Crippen LogP contribution in [-0.2, 0) is 6.42 Å². The lowest BCUT2D eigenvalue weighted by Crippen LogP contribution is -2.15. The third kappa shape index (κ3) is 3.32. The largest absolute Gasteiger partial charge is 0.497 e. The first-order valence-corrected chi connectivity index (χ1v) is 7.29. The van der Waals surface area contributed by atoms with Crippen molar-refractivity contribution >= 4 is 11.4 Å². The van der Waals surface area contributed by atoms with Crippen LogP contribution in [0.4, 0.5) is 11.4 Å². The van der Waals surface area contributed by atoms with Crippen LogP contribution in [0.1, 0.15) is 25.8 Å². The van der Waals surface area contributed by atoms with Gasteiger partial charge in [-0.05, 0) is 43.2 Å². The Balaban J connectivity index is 2.26. The predicted molar refractivity (Wildman–Crippen MR) is 86.1 cm³/mol. The Morgan fingerprint density at radius 1 is 0.950 bits per heavy atom. The molecule has 0 atom stereocenters. The van der Waals surface area contributed by atoms with Crippen LogP contribution in [0.15, 0.2) is 48.5 Å². The number of hydrogen-bond acceptors (Lipinski definition) is 2. The maximum Gasteiger partial charge on any atom is 0.120 e. The zero-order chi connectivity index (χ0) is 14.4. The average Bonchev–Trinajstić information content (AvgIpc) is 2.50. The molecule has 0 aliphatic rings. The number of anilines is 2. The Kier molecular flexibility index (Phi) is 5.05. The van der Waals surface area contributed by atoms with E-state index in [1.54, 1.807) is 7.11 Å². The number of aryl methyl sites for hydroxylation is 1. The highest BCUT2D eigenvalue weighted by Gasteiger charge is 2.08. The summed E-state index contributed by atoms with van der Waals surface area (Å²) in [6, 6.07) is 17.0. The van der Waals surface area contributed by atoms with Gasteiger partial charge in [-0.2, -0.15) is 0 Å². The van der Waals surface area contributed by atoms with E-state index in [4.69, 9.17) is 4.74 Å². The second-order valence-corrected chi connectivity index (χ2v) is 4.86. The van der Waals surface area contributed by atoms with Crippen LogP contribution in [0.5, 0.6) is 5.75 Å². The Bertz CT molecular complexity index is 533. The minimum atomic E-state index is 0.892. The van der Waals surface area contributed by atoms with Gasteiger partial charge in [-0.1, -0.05) is 31.5 Å². The molecular formula is C18H23NO. The molecule has 2 aromatic carbocycles. The van der Waals surface area contributed by atoms with E-state index < -0.39 is 0 Å². The molecule has 0 aliphatic heterocycles. The van der Waals surface area contributed by atoms with Crippen molar-refractivity contribution in [1.29, 1.82) is 0 Å². The molecule has 106 valence electrons. The molecule has 0 spiro atoms. The SMILES string of the molecule is CCCc1ccc(N(CC)c2cccc(OC)c2)cc1. The topological polar surface area (TPSA) is 12.5 Å². The third-order valence-corrected chi connectivity index (χ3v) is 3.47. The molecule has 0 fully saturated rings. The zero-order valence-corrected chi connectivity index (χ0v) is 12.6. The fourth-order valence-corrected chi connectivity index (χ4v) is 2.42. The first-order chi connectivity index (χ1) is 9.78. The monoisotopic (exact) mass is 269 g/mol. The van der Waals surface area contributed by atoms with E-state index in [0.29, 0.717) is 0 Å². The van der Waals surface area contributed by atoms with Gasteiger partial charge >= 0.3 is 0 Å². The van der Waals surface area contributed by atoms with Crippen molar-refractivity contribution in [3.05, 3.63) is 54.1 Å². The number of hydrogen-bond donors (Lipinski definition) is 0. The minimum Gasteiger partial charge on any atom is -0.497 e. The third-order valence-electron chi connectivity index (χ3n) is 3.47. The van der Waals surface area contributed by atoms with Gasteiger partial charge in [0, 0.05) is 24.0 Å². The predicted octanol–water partition coefficient (Wildman–Crippen LogP) is 4.81. The fraction of sp³-hybridized carbons (Fsp3) is 0.333. The molecule has 0 bridgehead atoms. The van der Waals surface area contributed by atoms with Gasteiger partial charge in [0.05, 0.1) is 7.11 Å². The maximum absolute atomic E-state index is 5.31. The quantitative estimate of drug-likeness (QED) is 0.746. The molecule has 0 amide bonds. The van der Waals surface area contributed by atoms with E-state index in [2.05, 4.69) is 55.1 Å². The van der Waals surface area contributed by atoms with Gasteiger partial charge in [0.2, 0.25) is 0 Å². The molecule has 0 saturated carbocycles. The summed E-state index contributed by atoms with van der Waals surface area (Å²) in [6.45, 7) is 5.31. The molecule has 0 N–H and O–H groups in total. The standard InChI is InChI=1S/C18H23NO/c1-4-7-15-10-12-16(13-11-15)19(5-2)17-8-6-9-18(14-17)20-3/h6,8-14H,4-5,7H2,1-3H3. The molecular weight excluding hydrogens is 246 g/mol. The van der Waals surface area contributed by atoms with Gasteiger partial charge in [0.15, 0.2) is 0 Å². The van der Waals surface area contributed by atoms with Gasteiger partial charge in [-0.15, -0.1) is 0 Å². The summed E-state index contributed by atoms with van der Waals surface area (Å²) in [4.78, 5) is 2.29. The fourth-order valence-electron chi connectivity index (χ4n) is 2.42. The average molecular weight is 269 g/mol. The summed E-state index contributed by atoms with van der Waals surface area (Å²) < 4.78 is 5.31. The summed E-state index contributed by atoms with van der Waals surface area (Å²) in [5.41, 5.74) is 3.79. The molecule has 0 saturated heterocycles. The van der Waals surface area contributed by atoms with E-state index in [-0.39, 0.29) is 0 Å². The van der Waals surface area contributed by atoms with Gasteiger partial charge < -0.3 is 9.64 Å². The van der Waals surface area contributed by atoms with Gasteiger partial charge in [-0.3, -0.25) is 0 Å². The van der Waals surface area contributed by atoms with E-state index >= 15 is 0 Å². The molecule has 0 heterocycles. The smallest absolute Gasteiger partial charge is 0.120 e. The molecule has 0 unspecified atom stereocenters. The molecule has 2 nitrogen and oxygen atoms in total.